The van der Waals surface area contributed by atoms with E-state index < -0.39 is 0 Å². The summed E-state index contributed by atoms with van der Waals surface area (Å²) in [5.74, 6) is 0.952. The fraction of sp³-hybridized carbons (Fsp3) is 0.333. The zero-order valence-electron chi connectivity index (χ0n) is 12.8. The van der Waals surface area contributed by atoms with Gasteiger partial charge in [0, 0.05) is 12.2 Å². The average molecular weight is 296 g/mol. The van der Waals surface area contributed by atoms with E-state index in [-0.39, 0.29) is 17.0 Å². The first kappa shape index (κ1) is 14.6. The van der Waals surface area contributed by atoms with Crippen LogP contribution < -0.4 is 10.9 Å². The number of amides is 1. The summed E-state index contributed by atoms with van der Waals surface area (Å²) < 4.78 is 0. The Labute approximate surface area is 129 Å². The Morgan fingerprint density at radius 1 is 1.32 bits per heavy atom. The van der Waals surface area contributed by atoms with Gasteiger partial charge in [-0.25, -0.2) is 0 Å². The molecule has 0 saturated heterocycles. The summed E-state index contributed by atoms with van der Waals surface area (Å²) in [5.41, 5.74) is 2.61. The van der Waals surface area contributed by atoms with Crippen molar-refractivity contribution in [2.75, 3.05) is 6.54 Å². The highest BCUT2D eigenvalue weighted by Gasteiger charge is 2.32. The Balaban J connectivity index is 1.77. The number of hydrogen-bond acceptors (Lipinski definition) is 2. The average Bonchev–Trinajstić information content (AvgIpc) is 3.20. The van der Waals surface area contributed by atoms with Crippen molar-refractivity contribution < 1.29 is 4.79 Å². The predicted octanol–water partition coefficient (Wildman–Crippen LogP) is 2.74. The summed E-state index contributed by atoms with van der Waals surface area (Å²) in [7, 11) is 0. The van der Waals surface area contributed by atoms with Crippen LogP contribution in [0.3, 0.4) is 0 Å². The normalized spacial score (nSPS) is 19.7. The van der Waals surface area contributed by atoms with Crippen molar-refractivity contribution in [2.24, 2.45) is 11.8 Å². The molecule has 4 nitrogen and oxygen atoms in total. The van der Waals surface area contributed by atoms with Gasteiger partial charge in [0.05, 0.1) is 0 Å². The van der Waals surface area contributed by atoms with Crippen molar-refractivity contribution in [1.29, 1.82) is 0 Å². The summed E-state index contributed by atoms with van der Waals surface area (Å²) in [6.45, 7) is 4.82. The van der Waals surface area contributed by atoms with Crippen LogP contribution in [-0.4, -0.2) is 17.4 Å². The second-order valence-electron chi connectivity index (χ2n) is 6.17. The Kier molecular flexibility index (Phi) is 3.84. The van der Waals surface area contributed by atoms with E-state index in [0.29, 0.717) is 18.4 Å². The fourth-order valence-electron chi connectivity index (χ4n) is 2.64. The van der Waals surface area contributed by atoms with Crippen LogP contribution in [0.2, 0.25) is 0 Å². The van der Waals surface area contributed by atoms with E-state index in [0.717, 1.165) is 23.2 Å². The second-order valence-corrected chi connectivity index (χ2v) is 6.17. The highest BCUT2D eigenvalue weighted by Crippen LogP contribution is 2.36. The second kappa shape index (κ2) is 5.79. The van der Waals surface area contributed by atoms with E-state index in [2.05, 4.69) is 17.2 Å². The van der Waals surface area contributed by atoms with Gasteiger partial charge in [0.15, 0.2) is 0 Å². The minimum atomic E-state index is -0.347. The van der Waals surface area contributed by atoms with E-state index in [4.69, 9.17) is 0 Å². The van der Waals surface area contributed by atoms with E-state index in [9.17, 15) is 9.59 Å². The van der Waals surface area contributed by atoms with Crippen LogP contribution in [0.25, 0.3) is 11.3 Å². The van der Waals surface area contributed by atoms with Gasteiger partial charge in [-0.2, -0.15) is 0 Å². The molecule has 2 N–H and O–H groups in total. The highest BCUT2D eigenvalue weighted by molar-refractivity contribution is 5.94. The standard InChI is InChI=1S/C18H20N2O2/c1-11-4-3-5-13(8-11)16-7-6-15(18(22)20-16)17(21)19-10-14-9-12(14)2/h3-8,12,14H,9-10H2,1-2H3,(H,19,21)(H,20,22)/t12-,14-/m0/s1. The molecule has 1 fully saturated rings. The van der Waals surface area contributed by atoms with Gasteiger partial charge in [0.25, 0.3) is 11.5 Å². The summed E-state index contributed by atoms with van der Waals surface area (Å²) in [5, 5.41) is 2.84. The van der Waals surface area contributed by atoms with E-state index in [1.54, 1.807) is 12.1 Å². The molecule has 1 heterocycles. The maximum Gasteiger partial charge on any atom is 0.261 e. The van der Waals surface area contributed by atoms with Crippen molar-refractivity contribution in [3.05, 3.63) is 57.9 Å². The fourth-order valence-corrected chi connectivity index (χ4v) is 2.64. The summed E-state index contributed by atoms with van der Waals surface area (Å²) in [6, 6.07) is 11.3. The smallest absolute Gasteiger partial charge is 0.261 e. The number of nitrogens with one attached hydrogen (secondary N) is 2. The zero-order chi connectivity index (χ0) is 15.7. The molecule has 1 aliphatic carbocycles. The minimum Gasteiger partial charge on any atom is -0.352 e. The molecule has 114 valence electrons. The molecule has 1 aromatic heterocycles. The lowest BCUT2D eigenvalue weighted by molar-refractivity contribution is 0.0950. The van der Waals surface area contributed by atoms with Crippen molar-refractivity contribution in [2.45, 2.75) is 20.3 Å². The lowest BCUT2D eigenvalue weighted by atomic mass is 10.1. The van der Waals surface area contributed by atoms with Gasteiger partial charge >= 0.3 is 0 Å². The molecule has 1 amide bonds. The molecule has 0 aliphatic heterocycles. The van der Waals surface area contributed by atoms with Crippen LogP contribution in [0.1, 0.15) is 29.3 Å². The molecule has 2 atom stereocenters. The number of benzene rings is 1. The quantitative estimate of drug-likeness (QED) is 0.911. The molecule has 1 saturated carbocycles. The number of carbonyl (C=O) groups excluding carboxylic acids is 1. The number of H-pyrrole nitrogens is 1. The topological polar surface area (TPSA) is 62.0 Å². The van der Waals surface area contributed by atoms with Crippen molar-refractivity contribution in [3.8, 4) is 11.3 Å². The number of pyridine rings is 1. The molecule has 1 aromatic carbocycles. The maximum atomic E-state index is 12.1. The van der Waals surface area contributed by atoms with Gasteiger partial charge in [-0.05, 0) is 48.9 Å². The van der Waals surface area contributed by atoms with Crippen molar-refractivity contribution in [1.82, 2.24) is 10.3 Å². The first-order chi connectivity index (χ1) is 10.5. The molecule has 3 rings (SSSR count). The van der Waals surface area contributed by atoms with Crippen LogP contribution in [0.15, 0.2) is 41.2 Å². The van der Waals surface area contributed by atoms with Crippen LogP contribution >= 0.6 is 0 Å². The largest absolute Gasteiger partial charge is 0.352 e. The third-order valence-corrected chi connectivity index (χ3v) is 4.28. The van der Waals surface area contributed by atoms with Gasteiger partial charge in [0.2, 0.25) is 0 Å². The van der Waals surface area contributed by atoms with Gasteiger partial charge in [-0.15, -0.1) is 0 Å². The minimum absolute atomic E-state index is 0.171. The molecule has 0 unspecified atom stereocenters. The number of carbonyl (C=O) groups is 1. The number of aromatic nitrogens is 1. The van der Waals surface area contributed by atoms with E-state index in [1.807, 2.05) is 31.2 Å². The zero-order valence-corrected chi connectivity index (χ0v) is 12.8. The van der Waals surface area contributed by atoms with Crippen molar-refractivity contribution >= 4 is 5.91 Å². The van der Waals surface area contributed by atoms with Gasteiger partial charge in [0.1, 0.15) is 5.56 Å². The Hall–Kier alpha value is -2.36. The van der Waals surface area contributed by atoms with Crippen molar-refractivity contribution in [3.63, 3.8) is 0 Å². The van der Waals surface area contributed by atoms with Gasteiger partial charge in [-0.3, -0.25) is 9.59 Å². The number of rotatable bonds is 4. The predicted molar refractivity (Wildman–Crippen MR) is 86.8 cm³/mol. The third-order valence-electron chi connectivity index (χ3n) is 4.28. The monoisotopic (exact) mass is 296 g/mol. The highest BCUT2D eigenvalue weighted by atomic mass is 16.2. The van der Waals surface area contributed by atoms with Crippen LogP contribution in [0.5, 0.6) is 0 Å². The lowest BCUT2D eigenvalue weighted by Gasteiger charge is -2.06. The SMILES string of the molecule is Cc1cccc(-c2ccc(C(=O)NC[C@@H]3C[C@@H]3C)c(=O)[nH]2)c1. The Bertz CT molecular complexity index is 764. The molecular weight excluding hydrogens is 276 g/mol. The molecule has 0 radical (unpaired) electrons. The van der Waals surface area contributed by atoms with Gasteiger partial charge < -0.3 is 10.3 Å². The summed E-state index contributed by atoms with van der Waals surface area (Å²) >= 11 is 0. The molecule has 2 aromatic rings. The molecular formula is C18H20N2O2. The Morgan fingerprint density at radius 2 is 2.09 bits per heavy atom. The first-order valence-electron chi connectivity index (χ1n) is 7.63. The lowest BCUT2D eigenvalue weighted by Crippen LogP contribution is -2.31. The van der Waals surface area contributed by atoms with E-state index >= 15 is 0 Å². The third kappa shape index (κ3) is 3.11. The van der Waals surface area contributed by atoms with Crippen LogP contribution in [0.4, 0.5) is 0 Å². The first-order valence-corrected chi connectivity index (χ1v) is 7.63. The van der Waals surface area contributed by atoms with Gasteiger partial charge in [-0.1, -0.05) is 30.7 Å². The molecule has 1 aliphatic rings. The molecule has 0 bridgehead atoms. The summed E-state index contributed by atoms with van der Waals surface area (Å²) in [4.78, 5) is 27.0. The number of aryl methyl sites for hydroxylation is 1. The maximum absolute atomic E-state index is 12.1. The Morgan fingerprint density at radius 3 is 2.73 bits per heavy atom. The van der Waals surface area contributed by atoms with Crippen LogP contribution in [-0.2, 0) is 0 Å². The number of hydrogen-bond donors (Lipinski definition) is 2. The molecule has 0 spiro atoms. The molecule has 4 heteroatoms. The van der Waals surface area contributed by atoms with E-state index in [1.165, 1.54) is 0 Å². The van der Waals surface area contributed by atoms with Crippen LogP contribution in [0, 0.1) is 18.8 Å². The number of aromatic amines is 1. The molecule has 22 heavy (non-hydrogen) atoms. The summed E-state index contributed by atoms with van der Waals surface area (Å²) in [6.07, 6.45) is 1.16.